The summed E-state index contributed by atoms with van der Waals surface area (Å²) in [5, 5.41) is 24.6. The van der Waals surface area contributed by atoms with E-state index in [1.165, 1.54) is 0 Å². The van der Waals surface area contributed by atoms with Crippen molar-refractivity contribution in [2.45, 2.75) is 25.0 Å². The van der Waals surface area contributed by atoms with E-state index in [2.05, 4.69) is 10.6 Å². The summed E-state index contributed by atoms with van der Waals surface area (Å²) in [5.74, 6) is -1.83. The fourth-order valence-electron chi connectivity index (χ4n) is 2.47. The third-order valence-electron chi connectivity index (χ3n) is 3.62. The van der Waals surface area contributed by atoms with E-state index in [0.717, 1.165) is 5.56 Å². The van der Waals surface area contributed by atoms with Gasteiger partial charge in [0.25, 0.3) is 0 Å². The molecule has 0 bridgehead atoms. The van der Waals surface area contributed by atoms with Crippen LogP contribution in [0.5, 0.6) is 0 Å². The van der Waals surface area contributed by atoms with Gasteiger partial charge in [0.15, 0.2) is 0 Å². The van der Waals surface area contributed by atoms with E-state index in [4.69, 9.17) is 5.11 Å². The zero-order valence-electron chi connectivity index (χ0n) is 11.7. The maximum atomic E-state index is 12.0. The van der Waals surface area contributed by atoms with Gasteiger partial charge in [0.1, 0.15) is 6.10 Å². The van der Waals surface area contributed by atoms with Gasteiger partial charge in [0, 0.05) is 25.6 Å². The number of carbonyl (C=O) groups excluding carboxylic acids is 1. The van der Waals surface area contributed by atoms with Crippen LogP contribution in [0.25, 0.3) is 0 Å². The van der Waals surface area contributed by atoms with Crippen LogP contribution in [0.15, 0.2) is 30.3 Å². The number of carbonyl (C=O) groups is 2. The van der Waals surface area contributed by atoms with Crippen LogP contribution in [0, 0.1) is 5.92 Å². The lowest BCUT2D eigenvalue weighted by molar-refractivity contribution is -0.143. The van der Waals surface area contributed by atoms with Gasteiger partial charge in [0.05, 0.1) is 5.92 Å². The minimum atomic E-state index is -1.13. The summed E-state index contributed by atoms with van der Waals surface area (Å²) in [7, 11) is 0. The summed E-state index contributed by atoms with van der Waals surface area (Å²) in [6, 6.07) is 9.00. The number of benzene rings is 1. The average Bonchev–Trinajstić information content (AvgIpc) is 2.48. The molecule has 6 nitrogen and oxygen atoms in total. The molecule has 3 atom stereocenters. The van der Waals surface area contributed by atoms with Crippen molar-refractivity contribution in [3.05, 3.63) is 35.9 Å². The fourth-order valence-corrected chi connectivity index (χ4v) is 2.47. The standard InChI is InChI=1S/C15H20N2O4/c18-13(6-10-4-2-1-3-5-10)14(19)17-12-7-11(15(20)21)8-16-9-12/h1-5,11-13,16,18H,6-9H2,(H,17,19)(H,20,21)/t11-,12+,13?/m1/s1. The molecule has 1 aromatic carbocycles. The predicted octanol–water partition coefficient (Wildman–Crippen LogP) is -0.231. The van der Waals surface area contributed by atoms with E-state index in [9.17, 15) is 14.7 Å². The van der Waals surface area contributed by atoms with Crippen LogP contribution in [-0.4, -0.2) is 47.3 Å². The molecule has 1 unspecified atom stereocenters. The molecule has 1 amide bonds. The third-order valence-corrected chi connectivity index (χ3v) is 3.62. The number of rotatable bonds is 5. The van der Waals surface area contributed by atoms with Crippen LogP contribution >= 0.6 is 0 Å². The van der Waals surface area contributed by atoms with E-state index < -0.39 is 23.9 Å². The van der Waals surface area contributed by atoms with Gasteiger partial charge < -0.3 is 20.8 Å². The monoisotopic (exact) mass is 292 g/mol. The van der Waals surface area contributed by atoms with Gasteiger partial charge in [-0.1, -0.05) is 30.3 Å². The lowest BCUT2D eigenvalue weighted by Gasteiger charge is -2.29. The van der Waals surface area contributed by atoms with Crippen LogP contribution < -0.4 is 10.6 Å². The first-order valence-corrected chi connectivity index (χ1v) is 7.02. The van der Waals surface area contributed by atoms with E-state index in [1.807, 2.05) is 30.3 Å². The number of aliphatic hydroxyl groups excluding tert-OH is 1. The Morgan fingerprint density at radius 1 is 1.29 bits per heavy atom. The Hall–Kier alpha value is -1.92. The van der Waals surface area contributed by atoms with Gasteiger partial charge in [-0.2, -0.15) is 0 Å². The van der Waals surface area contributed by atoms with Gasteiger partial charge in [-0.25, -0.2) is 0 Å². The maximum Gasteiger partial charge on any atom is 0.307 e. The predicted molar refractivity (Wildman–Crippen MR) is 76.7 cm³/mol. The molecule has 1 saturated heterocycles. The Bertz CT molecular complexity index is 492. The lowest BCUT2D eigenvalue weighted by atomic mass is 9.95. The van der Waals surface area contributed by atoms with Gasteiger partial charge in [0.2, 0.25) is 5.91 Å². The normalized spacial score (nSPS) is 23.3. The van der Waals surface area contributed by atoms with E-state index in [-0.39, 0.29) is 12.5 Å². The molecule has 0 aliphatic carbocycles. The molecule has 0 aromatic heterocycles. The molecule has 1 heterocycles. The molecule has 21 heavy (non-hydrogen) atoms. The van der Waals surface area contributed by atoms with E-state index >= 15 is 0 Å². The second kappa shape index (κ2) is 7.19. The van der Waals surface area contributed by atoms with Crippen LogP contribution in [0.2, 0.25) is 0 Å². The van der Waals surface area contributed by atoms with Crippen LogP contribution in [-0.2, 0) is 16.0 Å². The molecule has 114 valence electrons. The van der Waals surface area contributed by atoms with Gasteiger partial charge in [-0.05, 0) is 12.0 Å². The Kier molecular flexibility index (Phi) is 5.30. The highest BCUT2D eigenvalue weighted by molar-refractivity contribution is 5.81. The molecule has 0 spiro atoms. The van der Waals surface area contributed by atoms with Crippen molar-refractivity contribution < 1.29 is 19.8 Å². The average molecular weight is 292 g/mol. The number of amides is 1. The van der Waals surface area contributed by atoms with E-state index in [1.54, 1.807) is 0 Å². The summed E-state index contributed by atoms with van der Waals surface area (Å²) in [4.78, 5) is 22.9. The molecule has 0 radical (unpaired) electrons. The number of carboxylic acids is 1. The number of aliphatic carboxylic acids is 1. The van der Waals surface area contributed by atoms with Crippen LogP contribution in [0.3, 0.4) is 0 Å². The topological polar surface area (TPSA) is 98.7 Å². The minimum absolute atomic E-state index is 0.245. The Morgan fingerprint density at radius 2 is 2.00 bits per heavy atom. The number of hydrogen-bond donors (Lipinski definition) is 4. The second-order valence-corrected chi connectivity index (χ2v) is 5.34. The summed E-state index contributed by atoms with van der Waals surface area (Å²) >= 11 is 0. The zero-order chi connectivity index (χ0) is 15.2. The SMILES string of the molecule is O=C(N[C@@H]1CNC[C@H](C(=O)O)C1)C(O)Cc1ccccc1. The highest BCUT2D eigenvalue weighted by Gasteiger charge is 2.28. The first kappa shape index (κ1) is 15.5. The highest BCUT2D eigenvalue weighted by atomic mass is 16.4. The van der Waals surface area contributed by atoms with Crippen molar-refractivity contribution in [2.24, 2.45) is 5.92 Å². The Balaban J connectivity index is 1.84. The van der Waals surface area contributed by atoms with Gasteiger partial charge in [-0.15, -0.1) is 0 Å². The first-order valence-electron chi connectivity index (χ1n) is 7.02. The largest absolute Gasteiger partial charge is 0.481 e. The molecule has 1 aliphatic heterocycles. The molecule has 1 aromatic rings. The van der Waals surface area contributed by atoms with Crippen molar-refractivity contribution in [1.82, 2.24) is 10.6 Å². The Labute approximate surface area is 123 Å². The summed E-state index contributed by atoms with van der Waals surface area (Å²) in [5.41, 5.74) is 0.880. The number of nitrogens with one attached hydrogen (secondary N) is 2. The second-order valence-electron chi connectivity index (χ2n) is 5.34. The number of piperidine rings is 1. The quantitative estimate of drug-likeness (QED) is 0.601. The lowest BCUT2D eigenvalue weighted by Crippen LogP contribution is -2.52. The smallest absolute Gasteiger partial charge is 0.307 e. The number of carboxylic acid groups (broad SMARTS) is 1. The van der Waals surface area contributed by atoms with E-state index in [0.29, 0.717) is 19.5 Å². The molecular weight excluding hydrogens is 272 g/mol. The zero-order valence-corrected chi connectivity index (χ0v) is 11.7. The van der Waals surface area contributed by atoms with Crippen molar-refractivity contribution in [2.75, 3.05) is 13.1 Å². The summed E-state index contributed by atoms with van der Waals surface area (Å²) in [6.07, 6.45) is -0.501. The fraction of sp³-hybridized carbons (Fsp3) is 0.467. The molecule has 1 aliphatic rings. The van der Waals surface area contributed by atoms with Gasteiger partial charge in [-0.3, -0.25) is 9.59 Å². The van der Waals surface area contributed by atoms with Crippen LogP contribution in [0.4, 0.5) is 0 Å². The van der Waals surface area contributed by atoms with Gasteiger partial charge >= 0.3 is 5.97 Å². The van der Waals surface area contributed by atoms with Crippen molar-refractivity contribution in [3.63, 3.8) is 0 Å². The minimum Gasteiger partial charge on any atom is -0.481 e. The molecule has 2 rings (SSSR count). The molecule has 1 fully saturated rings. The maximum absolute atomic E-state index is 12.0. The highest BCUT2D eigenvalue weighted by Crippen LogP contribution is 2.11. The number of aliphatic hydroxyl groups is 1. The number of hydrogen-bond acceptors (Lipinski definition) is 4. The molecule has 4 N–H and O–H groups in total. The third kappa shape index (κ3) is 4.54. The first-order chi connectivity index (χ1) is 10.1. The molecular formula is C15H20N2O4. The summed E-state index contributed by atoms with van der Waals surface area (Å²) < 4.78 is 0. The Morgan fingerprint density at radius 3 is 2.67 bits per heavy atom. The van der Waals surface area contributed by atoms with Crippen molar-refractivity contribution in [1.29, 1.82) is 0 Å². The molecule has 0 saturated carbocycles. The van der Waals surface area contributed by atoms with Crippen molar-refractivity contribution in [3.8, 4) is 0 Å². The molecule has 6 heteroatoms. The van der Waals surface area contributed by atoms with Crippen molar-refractivity contribution >= 4 is 11.9 Å². The summed E-state index contributed by atoms with van der Waals surface area (Å²) in [6.45, 7) is 0.932. The van der Waals surface area contributed by atoms with Crippen LogP contribution in [0.1, 0.15) is 12.0 Å².